The molecule has 1 aromatic heterocycles. The second-order valence-corrected chi connectivity index (χ2v) is 5.91. The highest BCUT2D eigenvalue weighted by atomic mass is 16.5. The van der Waals surface area contributed by atoms with E-state index in [4.69, 9.17) is 14.2 Å². The molecule has 9 nitrogen and oxygen atoms in total. The second-order valence-electron chi connectivity index (χ2n) is 5.91. The fraction of sp³-hybridized carbons (Fsp3) is 0.353. The molecule has 1 aromatic carbocycles. The van der Waals surface area contributed by atoms with Gasteiger partial charge in [-0.2, -0.15) is 5.10 Å². The van der Waals surface area contributed by atoms with E-state index in [1.165, 1.54) is 64.4 Å². The molecule has 140 valence electrons. The number of carbonyl (C=O) groups is 2. The van der Waals surface area contributed by atoms with E-state index in [9.17, 15) is 14.7 Å². The summed E-state index contributed by atoms with van der Waals surface area (Å²) < 4.78 is 16.9. The molecule has 0 unspecified atom stereocenters. The summed E-state index contributed by atoms with van der Waals surface area (Å²) >= 11 is 0. The Morgan fingerprint density at radius 3 is 2.15 bits per heavy atom. The number of benzene rings is 1. The number of methoxy groups -OCH3 is 3. The summed E-state index contributed by atoms with van der Waals surface area (Å²) in [7, 11) is 4.38. The number of hydrogen-bond donors (Lipinski definition) is 2. The van der Waals surface area contributed by atoms with Gasteiger partial charge in [-0.1, -0.05) is 0 Å². The number of amides is 1. The summed E-state index contributed by atoms with van der Waals surface area (Å²) in [6.45, 7) is 3.01. The first-order chi connectivity index (χ1) is 12.2. The van der Waals surface area contributed by atoms with Crippen LogP contribution in [0.4, 0.5) is 5.69 Å². The molecule has 0 saturated heterocycles. The molecule has 0 spiro atoms. The van der Waals surface area contributed by atoms with Crippen molar-refractivity contribution in [2.24, 2.45) is 0 Å². The lowest BCUT2D eigenvalue weighted by Crippen LogP contribution is -2.35. The zero-order valence-corrected chi connectivity index (χ0v) is 15.2. The van der Waals surface area contributed by atoms with Gasteiger partial charge in [0, 0.05) is 11.8 Å². The van der Waals surface area contributed by atoms with Crippen LogP contribution < -0.4 is 19.5 Å². The van der Waals surface area contributed by atoms with E-state index >= 15 is 0 Å². The Hall–Kier alpha value is -3.23. The van der Waals surface area contributed by atoms with Gasteiger partial charge in [-0.05, 0) is 26.0 Å². The first kappa shape index (κ1) is 19.1. The number of carbonyl (C=O) groups excluding carboxylic acids is 1. The summed E-state index contributed by atoms with van der Waals surface area (Å²) in [6.07, 6.45) is 2.82. The molecule has 0 atom stereocenters. The first-order valence-corrected chi connectivity index (χ1v) is 7.64. The van der Waals surface area contributed by atoms with E-state index in [0.717, 1.165) is 0 Å². The van der Waals surface area contributed by atoms with Gasteiger partial charge < -0.3 is 24.6 Å². The van der Waals surface area contributed by atoms with Crippen LogP contribution in [0.2, 0.25) is 0 Å². The van der Waals surface area contributed by atoms with Crippen molar-refractivity contribution in [3.8, 4) is 17.2 Å². The minimum absolute atomic E-state index is 0.282. The first-order valence-electron chi connectivity index (χ1n) is 7.64. The van der Waals surface area contributed by atoms with Crippen molar-refractivity contribution in [1.82, 2.24) is 9.78 Å². The van der Waals surface area contributed by atoms with E-state index in [-0.39, 0.29) is 5.56 Å². The Morgan fingerprint density at radius 2 is 1.69 bits per heavy atom. The second kappa shape index (κ2) is 7.34. The number of nitrogens with one attached hydrogen (secondary N) is 1. The molecule has 0 fully saturated rings. The predicted molar refractivity (Wildman–Crippen MR) is 93.2 cm³/mol. The summed E-state index contributed by atoms with van der Waals surface area (Å²) in [6, 6.07) is 3.03. The molecule has 0 aliphatic carbocycles. The highest BCUT2D eigenvalue weighted by molar-refractivity contribution is 6.05. The standard InChI is InChI=1S/C17H21N3O6/c1-17(2,16(22)23)20-9-11(8-18-20)19-15(21)10-6-12(24-3)14(26-5)13(7-10)25-4/h6-9H,1-5H3,(H,19,21)(H,22,23). The molecular formula is C17H21N3O6. The van der Waals surface area contributed by atoms with Gasteiger partial charge in [0.25, 0.3) is 5.91 Å². The molecule has 1 amide bonds. The number of nitrogens with zero attached hydrogens (tertiary/aromatic N) is 2. The molecule has 2 rings (SSSR count). The highest BCUT2D eigenvalue weighted by Crippen LogP contribution is 2.38. The van der Waals surface area contributed by atoms with Crippen molar-refractivity contribution in [3.05, 3.63) is 30.1 Å². The normalized spacial score (nSPS) is 11.0. The molecule has 9 heteroatoms. The maximum atomic E-state index is 12.5. The molecule has 1 heterocycles. The Labute approximate surface area is 150 Å². The zero-order chi connectivity index (χ0) is 19.5. The van der Waals surface area contributed by atoms with Gasteiger partial charge in [-0.3, -0.25) is 9.48 Å². The van der Waals surface area contributed by atoms with Crippen molar-refractivity contribution in [2.75, 3.05) is 26.6 Å². The van der Waals surface area contributed by atoms with Crippen molar-refractivity contribution in [1.29, 1.82) is 0 Å². The van der Waals surface area contributed by atoms with E-state index in [0.29, 0.717) is 22.9 Å². The lowest BCUT2D eigenvalue weighted by Gasteiger charge is -2.19. The lowest BCUT2D eigenvalue weighted by molar-refractivity contribution is -0.146. The van der Waals surface area contributed by atoms with Gasteiger partial charge in [0.1, 0.15) is 0 Å². The van der Waals surface area contributed by atoms with E-state index in [2.05, 4.69) is 10.4 Å². The van der Waals surface area contributed by atoms with Crippen LogP contribution in [0.5, 0.6) is 17.2 Å². The van der Waals surface area contributed by atoms with Crippen LogP contribution in [-0.2, 0) is 10.3 Å². The number of rotatable bonds is 7. The smallest absolute Gasteiger partial charge is 0.331 e. The molecule has 0 aliphatic heterocycles. The van der Waals surface area contributed by atoms with Crippen molar-refractivity contribution in [2.45, 2.75) is 19.4 Å². The fourth-order valence-corrected chi connectivity index (χ4v) is 2.21. The summed E-state index contributed by atoms with van der Waals surface area (Å²) in [5, 5.41) is 15.9. The van der Waals surface area contributed by atoms with Gasteiger partial charge in [0.15, 0.2) is 17.0 Å². The van der Waals surface area contributed by atoms with E-state index in [1.54, 1.807) is 0 Å². The van der Waals surface area contributed by atoms with Gasteiger partial charge >= 0.3 is 5.97 Å². The van der Waals surface area contributed by atoms with Crippen LogP contribution in [0, 0.1) is 0 Å². The van der Waals surface area contributed by atoms with Gasteiger partial charge in [-0.15, -0.1) is 0 Å². The van der Waals surface area contributed by atoms with Gasteiger partial charge in [-0.25, -0.2) is 4.79 Å². The molecular weight excluding hydrogens is 342 g/mol. The van der Waals surface area contributed by atoms with Gasteiger partial charge in [0.2, 0.25) is 5.75 Å². The minimum Gasteiger partial charge on any atom is -0.493 e. The number of carboxylic acid groups (broad SMARTS) is 1. The SMILES string of the molecule is COc1cc(C(=O)Nc2cnn(C(C)(C)C(=O)O)c2)cc(OC)c1OC. The largest absolute Gasteiger partial charge is 0.493 e. The van der Waals surface area contributed by atoms with Crippen LogP contribution in [0.3, 0.4) is 0 Å². The van der Waals surface area contributed by atoms with Crippen molar-refractivity contribution >= 4 is 17.6 Å². The highest BCUT2D eigenvalue weighted by Gasteiger charge is 2.30. The Bertz CT molecular complexity index is 803. The quantitative estimate of drug-likeness (QED) is 0.773. The Kier molecular flexibility index (Phi) is 5.39. The lowest BCUT2D eigenvalue weighted by atomic mass is 10.1. The number of carboxylic acids is 1. The maximum Gasteiger partial charge on any atom is 0.331 e. The minimum atomic E-state index is -1.24. The number of hydrogen-bond acceptors (Lipinski definition) is 6. The molecule has 0 bridgehead atoms. The summed E-state index contributed by atoms with van der Waals surface area (Å²) in [5.74, 6) is -0.401. The number of ether oxygens (including phenoxy) is 3. The molecule has 0 aliphatic rings. The molecule has 2 aromatic rings. The van der Waals surface area contributed by atoms with Crippen molar-refractivity contribution in [3.63, 3.8) is 0 Å². The van der Waals surface area contributed by atoms with Crippen LogP contribution in [0.25, 0.3) is 0 Å². The van der Waals surface area contributed by atoms with E-state index < -0.39 is 17.4 Å². The molecule has 26 heavy (non-hydrogen) atoms. The van der Waals surface area contributed by atoms with Gasteiger partial charge in [0.05, 0.1) is 33.2 Å². The average Bonchev–Trinajstić information content (AvgIpc) is 3.09. The summed E-state index contributed by atoms with van der Waals surface area (Å²) in [4.78, 5) is 23.8. The predicted octanol–water partition coefficient (Wildman–Crippen LogP) is 1.98. The Morgan fingerprint density at radius 1 is 1.12 bits per heavy atom. The van der Waals surface area contributed by atoms with Crippen LogP contribution in [0.1, 0.15) is 24.2 Å². The van der Waals surface area contributed by atoms with Crippen molar-refractivity contribution < 1.29 is 28.9 Å². The van der Waals surface area contributed by atoms with Crippen LogP contribution in [0.15, 0.2) is 24.5 Å². The van der Waals surface area contributed by atoms with Crippen LogP contribution >= 0.6 is 0 Å². The third-order valence-corrected chi connectivity index (χ3v) is 3.86. The third kappa shape index (κ3) is 3.56. The maximum absolute atomic E-state index is 12.5. The fourth-order valence-electron chi connectivity index (χ4n) is 2.21. The van der Waals surface area contributed by atoms with Crippen LogP contribution in [-0.4, -0.2) is 48.1 Å². The average molecular weight is 363 g/mol. The Balaban J connectivity index is 2.28. The molecule has 0 radical (unpaired) electrons. The number of aromatic nitrogens is 2. The molecule has 2 N–H and O–H groups in total. The number of anilines is 1. The monoisotopic (exact) mass is 363 g/mol. The molecule has 0 saturated carbocycles. The zero-order valence-electron chi connectivity index (χ0n) is 15.2. The number of aliphatic carboxylic acids is 1. The van der Waals surface area contributed by atoms with E-state index in [1.807, 2.05) is 0 Å². The topological polar surface area (TPSA) is 112 Å². The third-order valence-electron chi connectivity index (χ3n) is 3.86. The summed E-state index contributed by atoms with van der Waals surface area (Å²) in [5.41, 5.74) is -0.599.